The highest BCUT2D eigenvalue weighted by atomic mass is 16.5. The molecule has 0 unspecified atom stereocenters. The number of aromatic nitrogens is 4. The van der Waals surface area contributed by atoms with Crippen molar-refractivity contribution in [2.24, 2.45) is 0 Å². The molecule has 0 bridgehead atoms. The summed E-state index contributed by atoms with van der Waals surface area (Å²) in [5, 5.41) is 14.8. The SMILES string of the molecule is CCCCNc1nnnn1-c1ccc(OC)cc1. The smallest absolute Gasteiger partial charge is 0.247 e. The molecule has 0 aliphatic rings. The lowest BCUT2D eigenvalue weighted by Crippen LogP contribution is -2.08. The van der Waals surface area contributed by atoms with E-state index in [1.807, 2.05) is 24.3 Å². The molecule has 1 aromatic heterocycles. The van der Waals surface area contributed by atoms with Gasteiger partial charge in [-0.2, -0.15) is 4.68 Å². The van der Waals surface area contributed by atoms with Crippen LogP contribution in [0.3, 0.4) is 0 Å². The Morgan fingerprint density at radius 1 is 1.28 bits per heavy atom. The molecule has 0 saturated carbocycles. The number of hydrogen-bond donors (Lipinski definition) is 1. The van der Waals surface area contributed by atoms with Crippen molar-refractivity contribution in [3.63, 3.8) is 0 Å². The molecule has 0 atom stereocenters. The second-order valence-corrected chi connectivity index (χ2v) is 3.89. The molecular formula is C12H17N5O. The zero-order chi connectivity index (χ0) is 12.8. The van der Waals surface area contributed by atoms with Crippen molar-refractivity contribution in [2.45, 2.75) is 19.8 Å². The third-order valence-electron chi connectivity index (χ3n) is 2.60. The van der Waals surface area contributed by atoms with Crippen molar-refractivity contribution in [1.29, 1.82) is 0 Å². The van der Waals surface area contributed by atoms with E-state index in [-0.39, 0.29) is 0 Å². The van der Waals surface area contributed by atoms with Gasteiger partial charge in [-0.05, 0) is 41.1 Å². The third-order valence-corrected chi connectivity index (χ3v) is 2.60. The number of nitrogens with zero attached hydrogens (tertiary/aromatic N) is 4. The van der Waals surface area contributed by atoms with E-state index in [4.69, 9.17) is 4.74 Å². The standard InChI is InChI=1S/C12H17N5O/c1-3-4-9-13-12-14-15-16-17(12)10-5-7-11(18-2)8-6-10/h5-8H,3-4,9H2,1-2H3,(H,13,14,16). The maximum atomic E-state index is 5.12. The van der Waals surface area contributed by atoms with Crippen LogP contribution in [0.25, 0.3) is 5.69 Å². The first-order valence-electron chi connectivity index (χ1n) is 6.02. The number of ether oxygens (including phenoxy) is 1. The Bertz CT molecular complexity index is 479. The van der Waals surface area contributed by atoms with Gasteiger partial charge < -0.3 is 10.1 Å². The Morgan fingerprint density at radius 3 is 2.72 bits per heavy atom. The Hall–Kier alpha value is -2.11. The van der Waals surface area contributed by atoms with Gasteiger partial charge in [0.05, 0.1) is 12.8 Å². The van der Waals surface area contributed by atoms with Gasteiger partial charge in [0.1, 0.15) is 5.75 Å². The van der Waals surface area contributed by atoms with Crippen molar-refractivity contribution in [1.82, 2.24) is 20.2 Å². The van der Waals surface area contributed by atoms with Crippen molar-refractivity contribution >= 4 is 5.95 Å². The highest BCUT2D eigenvalue weighted by Gasteiger charge is 2.07. The number of unbranched alkanes of at least 4 members (excludes halogenated alkanes) is 1. The molecule has 18 heavy (non-hydrogen) atoms. The van der Waals surface area contributed by atoms with Gasteiger partial charge in [0.2, 0.25) is 5.95 Å². The molecule has 0 aliphatic heterocycles. The predicted molar refractivity (Wildman–Crippen MR) is 69.1 cm³/mol. The van der Waals surface area contributed by atoms with Gasteiger partial charge in [0.15, 0.2) is 0 Å². The van der Waals surface area contributed by atoms with Gasteiger partial charge in [0, 0.05) is 6.54 Å². The molecule has 0 fully saturated rings. The van der Waals surface area contributed by atoms with Gasteiger partial charge in [-0.25, -0.2) is 0 Å². The summed E-state index contributed by atoms with van der Waals surface area (Å²) in [4.78, 5) is 0. The highest BCUT2D eigenvalue weighted by molar-refractivity contribution is 5.41. The lowest BCUT2D eigenvalue weighted by Gasteiger charge is -2.07. The Morgan fingerprint density at radius 2 is 2.06 bits per heavy atom. The van der Waals surface area contributed by atoms with E-state index >= 15 is 0 Å². The van der Waals surface area contributed by atoms with Crippen LogP contribution >= 0.6 is 0 Å². The van der Waals surface area contributed by atoms with E-state index in [2.05, 4.69) is 27.8 Å². The number of hydrogen-bond acceptors (Lipinski definition) is 5. The monoisotopic (exact) mass is 247 g/mol. The van der Waals surface area contributed by atoms with E-state index in [1.54, 1.807) is 11.8 Å². The van der Waals surface area contributed by atoms with Crippen LogP contribution in [0.15, 0.2) is 24.3 Å². The minimum absolute atomic E-state index is 0.661. The van der Waals surface area contributed by atoms with E-state index in [1.165, 1.54) is 0 Å². The summed E-state index contributed by atoms with van der Waals surface area (Å²) < 4.78 is 6.80. The first-order chi connectivity index (χ1) is 8.85. The van der Waals surface area contributed by atoms with Crippen molar-refractivity contribution in [3.05, 3.63) is 24.3 Å². The Labute approximate surface area is 106 Å². The van der Waals surface area contributed by atoms with Crippen LogP contribution < -0.4 is 10.1 Å². The van der Waals surface area contributed by atoms with E-state index in [0.717, 1.165) is 30.8 Å². The van der Waals surface area contributed by atoms with Crippen LogP contribution in [-0.4, -0.2) is 33.9 Å². The molecule has 1 heterocycles. The molecule has 0 spiro atoms. The first kappa shape index (κ1) is 12.3. The average Bonchev–Trinajstić information content (AvgIpc) is 2.88. The molecule has 6 heteroatoms. The molecular weight excluding hydrogens is 230 g/mol. The summed E-state index contributed by atoms with van der Waals surface area (Å²) in [6.07, 6.45) is 2.23. The molecule has 0 amide bonds. The fourth-order valence-electron chi connectivity index (χ4n) is 1.57. The molecule has 6 nitrogen and oxygen atoms in total. The summed E-state index contributed by atoms with van der Waals surface area (Å²) >= 11 is 0. The zero-order valence-corrected chi connectivity index (χ0v) is 10.6. The second kappa shape index (κ2) is 6.00. The van der Waals surface area contributed by atoms with Gasteiger partial charge in [0.25, 0.3) is 0 Å². The topological polar surface area (TPSA) is 64.9 Å². The number of nitrogens with one attached hydrogen (secondary N) is 1. The second-order valence-electron chi connectivity index (χ2n) is 3.89. The van der Waals surface area contributed by atoms with Crippen LogP contribution in [0.5, 0.6) is 5.75 Å². The average molecular weight is 247 g/mol. The molecule has 1 N–H and O–H groups in total. The normalized spacial score (nSPS) is 10.3. The molecule has 2 aromatic rings. The maximum absolute atomic E-state index is 5.12. The zero-order valence-electron chi connectivity index (χ0n) is 10.6. The summed E-state index contributed by atoms with van der Waals surface area (Å²) in [5.74, 6) is 1.47. The van der Waals surface area contributed by atoms with Gasteiger partial charge in [-0.15, -0.1) is 0 Å². The van der Waals surface area contributed by atoms with Crippen LogP contribution in [-0.2, 0) is 0 Å². The first-order valence-corrected chi connectivity index (χ1v) is 6.02. The molecule has 0 aliphatic carbocycles. The minimum atomic E-state index is 0.661. The molecule has 2 rings (SSSR count). The maximum Gasteiger partial charge on any atom is 0.247 e. The third kappa shape index (κ3) is 2.77. The lowest BCUT2D eigenvalue weighted by atomic mass is 10.3. The van der Waals surface area contributed by atoms with Crippen LogP contribution in [0.1, 0.15) is 19.8 Å². The number of methoxy groups -OCH3 is 1. The van der Waals surface area contributed by atoms with Crippen LogP contribution in [0, 0.1) is 0 Å². The minimum Gasteiger partial charge on any atom is -0.497 e. The lowest BCUT2D eigenvalue weighted by molar-refractivity contribution is 0.414. The molecule has 0 saturated heterocycles. The van der Waals surface area contributed by atoms with Crippen molar-refractivity contribution in [3.8, 4) is 11.4 Å². The summed E-state index contributed by atoms with van der Waals surface area (Å²) in [6, 6.07) is 7.60. The largest absolute Gasteiger partial charge is 0.497 e. The van der Waals surface area contributed by atoms with Crippen molar-refractivity contribution < 1.29 is 4.74 Å². The summed E-state index contributed by atoms with van der Waals surface area (Å²) in [6.45, 7) is 3.02. The Kier molecular flexibility index (Phi) is 4.11. The molecule has 96 valence electrons. The summed E-state index contributed by atoms with van der Waals surface area (Å²) in [7, 11) is 1.64. The predicted octanol–water partition coefficient (Wildman–Crippen LogP) is 1.88. The van der Waals surface area contributed by atoms with E-state index in [9.17, 15) is 0 Å². The number of tetrazole rings is 1. The summed E-state index contributed by atoms with van der Waals surface area (Å²) in [5.41, 5.74) is 0.903. The number of benzene rings is 1. The van der Waals surface area contributed by atoms with E-state index < -0.39 is 0 Å². The van der Waals surface area contributed by atoms with Crippen LogP contribution in [0.2, 0.25) is 0 Å². The van der Waals surface area contributed by atoms with Gasteiger partial charge in [-0.3, -0.25) is 0 Å². The molecule has 1 aromatic carbocycles. The van der Waals surface area contributed by atoms with E-state index in [0.29, 0.717) is 5.95 Å². The van der Waals surface area contributed by atoms with Crippen LogP contribution in [0.4, 0.5) is 5.95 Å². The number of rotatable bonds is 6. The number of anilines is 1. The fourth-order valence-corrected chi connectivity index (χ4v) is 1.57. The molecule has 0 radical (unpaired) electrons. The quantitative estimate of drug-likeness (QED) is 0.789. The van der Waals surface area contributed by atoms with Gasteiger partial charge >= 0.3 is 0 Å². The van der Waals surface area contributed by atoms with Gasteiger partial charge in [-0.1, -0.05) is 18.4 Å². The highest BCUT2D eigenvalue weighted by Crippen LogP contribution is 2.16. The Balaban J connectivity index is 2.14. The fraction of sp³-hybridized carbons (Fsp3) is 0.417. The van der Waals surface area contributed by atoms with Crippen molar-refractivity contribution in [2.75, 3.05) is 19.0 Å².